The van der Waals surface area contributed by atoms with Crippen molar-refractivity contribution in [3.05, 3.63) is 5.82 Å². The first kappa shape index (κ1) is 9.98. The van der Waals surface area contributed by atoms with Crippen LogP contribution < -0.4 is 11.1 Å². The van der Waals surface area contributed by atoms with Gasteiger partial charge in [-0.2, -0.15) is 15.0 Å². The van der Waals surface area contributed by atoms with Gasteiger partial charge in [-0.3, -0.25) is 0 Å². The monoisotopic (exact) mass is 201 g/mol. The number of anilines is 2. The van der Waals surface area contributed by atoms with Gasteiger partial charge in [0.2, 0.25) is 11.9 Å². The van der Waals surface area contributed by atoms with Gasteiger partial charge in [0, 0.05) is 18.8 Å². The van der Waals surface area contributed by atoms with Crippen molar-refractivity contribution in [2.45, 2.75) is 13.3 Å². The Labute approximate surface area is 81.7 Å². The fourth-order valence-corrected chi connectivity index (χ4v) is 1.04. The number of nitrogens with zero attached hydrogens (tertiary/aromatic N) is 3. The van der Waals surface area contributed by atoms with Crippen molar-refractivity contribution in [3.63, 3.8) is 0 Å². The summed E-state index contributed by atoms with van der Waals surface area (Å²) in [5.41, 5.74) is 5.47. The number of aryl methyl sites for hydroxylation is 1. The third-order valence-corrected chi connectivity index (χ3v) is 1.54. The van der Waals surface area contributed by atoms with E-state index in [1.165, 1.54) is 0 Å². The average Bonchev–Trinajstić information content (AvgIpc) is 2.04. The molecule has 0 aliphatic rings. The number of rotatable bonds is 4. The first-order valence-electron chi connectivity index (χ1n) is 4.06. The van der Waals surface area contributed by atoms with Gasteiger partial charge in [0.05, 0.1) is 0 Å². The van der Waals surface area contributed by atoms with Crippen molar-refractivity contribution < 1.29 is 0 Å². The van der Waals surface area contributed by atoms with Crippen LogP contribution in [0.3, 0.4) is 0 Å². The predicted octanol–water partition coefficient (Wildman–Crippen LogP) is 0.667. The largest absolute Gasteiger partial charge is 0.368 e. The second kappa shape index (κ2) is 4.81. The van der Waals surface area contributed by atoms with Crippen molar-refractivity contribution in [1.29, 1.82) is 0 Å². The number of nitrogen functional groups attached to an aromatic ring is 1. The van der Waals surface area contributed by atoms with Crippen LogP contribution in [0.2, 0.25) is 0 Å². The summed E-state index contributed by atoms with van der Waals surface area (Å²) in [6.07, 6.45) is 0.604. The summed E-state index contributed by atoms with van der Waals surface area (Å²) in [5, 5.41) is 2.96. The lowest BCUT2D eigenvalue weighted by atomic mass is 10.4. The highest BCUT2D eigenvalue weighted by atomic mass is 35.5. The molecule has 1 aromatic rings. The van der Waals surface area contributed by atoms with Gasteiger partial charge in [0.15, 0.2) is 0 Å². The Hall–Kier alpha value is -1.10. The molecule has 0 aliphatic heterocycles. The fourth-order valence-electron chi connectivity index (χ4n) is 0.871. The Morgan fingerprint density at radius 1 is 1.38 bits per heavy atom. The quantitative estimate of drug-likeness (QED) is 0.701. The van der Waals surface area contributed by atoms with Crippen LogP contribution in [0.5, 0.6) is 0 Å². The minimum absolute atomic E-state index is 0.228. The van der Waals surface area contributed by atoms with Crippen LogP contribution in [0, 0.1) is 0 Å². The summed E-state index contributed by atoms with van der Waals surface area (Å²) in [7, 11) is 0. The molecule has 0 spiro atoms. The lowest BCUT2D eigenvalue weighted by Gasteiger charge is -2.03. The highest BCUT2D eigenvalue weighted by Crippen LogP contribution is 2.03. The Morgan fingerprint density at radius 2 is 2.15 bits per heavy atom. The number of nitrogens with two attached hydrogens (primary N) is 1. The zero-order valence-electron chi connectivity index (χ0n) is 7.42. The van der Waals surface area contributed by atoms with Crippen molar-refractivity contribution in [2.24, 2.45) is 0 Å². The van der Waals surface area contributed by atoms with Gasteiger partial charge < -0.3 is 11.1 Å². The average molecular weight is 202 g/mol. The summed E-state index contributed by atoms with van der Waals surface area (Å²) in [6, 6.07) is 0. The van der Waals surface area contributed by atoms with Crippen LogP contribution in [0.25, 0.3) is 0 Å². The number of alkyl halides is 1. The van der Waals surface area contributed by atoms with E-state index in [-0.39, 0.29) is 5.95 Å². The Balaban J connectivity index is 2.83. The van der Waals surface area contributed by atoms with Crippen molar-refractivity contribution in [2.75, 3.05) is 23.5 Å². The lowest BCUT2D eigenvalue weighted by molar-refractivity contribution is 0.907. The molecule has 0 aromatic carbocycles. The molecule has 0 unspecified atom stereocenters. The van der Waals surface area contributed by atoms with Crippen LogP contribution in [-0.4, -0.2) is 27.4 Å². The standard InChI is InChI=1S/C7H12ClN5/c1-2-10-7-12-5(3-4-8)11-6(9)13-7/h2-4H2,1H3,(H3,9,10,11,12,13). The molecule has 0 radical (unpaired) electrons. The van der Waals surface area contributed by atoms with Gasteiger partial charge in [-0.05, 0) is 6.92 Å². The van der Waals surface area contributed by atoms with E-state index in [0.29, 0.717) is 24.1 Å². The first-order valence-corrected chi connectivity index (χ1v) is 4.60. The Morgan fingerprint density at radius 3 is 2.77 bits per heavy atom. The van der Waals surface area contributed by atoms with E-state index in [0.717, 1.165) is 6.54 Å². The van der Waals surface area contributed by atoms with Crippen LogP contribution in [0.1, 0.15) is 12.7 Å². The van der Waals surface area contributed by atoms with Gasteiger partial charge in [-0.25, -0.2) is 0 Å². The maximum Gasteiger partial charge on any atom is 0.227 e. The van der Waals surface area contributed by atoms with Crippen molar-refractivity contribution in [1.82, 2.24) is 15.0 Å². The van der Waals surface area contributed by atoms with Crippen LogP contribution in [-0.2, 0) is 6.42 Å². The molecule has 0 fully saturated rings. The van der Waals surface area contributed by atoms with Crippen LogP contribution in [0.4, 0.5) is 11.9 Å². The molecule has 0 saturated carbocycles. The number of hydrogen-bond donors (Lipinski definition) is 2. The number of halogens is 1. The first-order chi connectivity index (χ1) is 6.26. The molecule has 0 saturated heterocycles. The normalized spacial score (nSPS) is 10.0. The predicted molar refractivity (Wildman–Crippen MR) is 52.8 cm³/mol. The minimum Gasteiger partial charge on any atom is -0.368 e. The Bertz CT molecular complexity index is 253. The molecule has 6 heteroatoms. The minimum atomic E-state index is 0.228. The lowest BCUT2D eigenvalue weighted by Crippen LogP contribution is -2.09. The van der Waals surface area contributed by atoms with Gasteiger partial charge in [-0.1, -0.05) is 0 Å². The molecule has 1 rings (SSSR count). The highest BCUT2D eigenvalue weighted by molar-refractivity contribution is 6.17. The topological polar surface area (TPSA) is 76.7 Å². The van der Waals surface area contributed by atoms with Crippen LogP contribution in [0.15, 0.2) is 0 Å². The molecule has 3 N–H and O–H groups in total. The summed E-state index contributed by atoms with van der Waals surface area (Å²) in [5.74, 6) is 1.84. The fraction of sp³-hybridized carbons (Fsp3) is 0.571. The smallest absolute Gasteiger partial charge is 0.227 e. The maximum atomic E-state index is 5.56. The molecular weight excluding hydrogens is 190 g/mol. The van der Waals surface area contributed by atoms with E-state index in [2.05, 4.69) is 20.3 Å². The molecule has 1 heterocycles. The molecular formula is C7H12ClN5. The molecule has 0 aliphatic carbocycles. The molecule has 0 amide bonds. The van der Waals surface area contributed by atoms with E-state index < -0.39 is 0 Å². The zero-order chi connectivity index (χ0) is 9.68. The third-order valence-electron chi connectivity index (χ3n) is 1.35. The van der Waals surface area contributed by atoms with Gasteiger partial charge in [0.25, 0.3) is 0 Å². The van der Waals surface area contributed by atoms with Gasteiger partial charge >= 0.3 is 0 Å². The van der Waals surface area contributed by atoms with E-state index in [9.17, 15) is 0 Å². The molecule has 5 nitrogen and oxygen atoms in total. The summed E-state index contributed by atoms with van der Waals surface area (Å²) < 4.78 is 0. The van der Waals surface area contributed by atoms with Gasteiger partial charge in [0.1, 0.15) is 5.82 Å². The van der Waals surface area contributed by atoms with E-state index in [4.69, 9.17) is 17.3 Å². The van der Waals surface area contributed by atoms with Gasteiger partial charge in [-0.15, -0.1) is 11.6 Å². The highest BCUT2D eigenvalue weighted by Gasteiger charge is 2.02. The summed E-state index contributed by atoms with van der Waals surface area (Å²) >= 11 is 5.56. The summed E-state index contributed by atoms with van der Waals surface area (Å²) in [4.78, 5) is 12.0. The molecule has 0 bridgehead atoms. The van der Waals surface area contributed by atoms with E-state index >= 15 is 0 Å². The third kappa shape index (κ3) is 3.02. The maximum absolute atomic E-state index is 5.56. The number of aromatic nitrogens is 3. The SMILES string of the molecule is CCNc1nc(N)nc(CCCl)n1. The van der Waals surface area contributed by atoms with Crippen LogP contribution >= 0.6 is 11.6 Å². The number of hydrogen-bond acceptors (Lipinski definition) is 5. The second-order valence-electron chi connectivity index (χ2n) is 2.40. The molecule has 1 aromatic heterocycles. The zero-order valence-corrected chi connectivity index (χ0v) is 8.17. The molecule has 72 valence electrons. The Kier molecular flexibility index (Phi) is 3.70. The molecule has 0 atom stereocenters. The molecule has 13 heavy (non-hydrogen) atoms. The van der Waals surface area contributed by atoms with E-state index in [1.54, 1.807) is 0 Å². The summed E-state index contributed by atoms with van der Waals surface area (Å²) in [6.45, 7) is 2.71. The second-order valence-corrected chi connectivity index (χ2v) is 2.78. The van der Waals surface area contributed by atoms with Crippen molar-refractivity contribution in [3.8, 4) is 0 Å². The number of nitrogens with one attached hydrogen (secondary N) is 1. The van der Waals surface area contributed by atoms with Crippen molar-refractivity contribution >= 4 is 23.5 Å². The van der Waals surface area contributed by atoms with E-state index in [1.807, 2.05) is 6.92 Å².